The van der Waals surface area contributed by atoms with Crippen molar-refractivity contribution in [1.82, 2.24) is 4.90 Å². The molecule has 0 atom stereocenters. The quantitative estimate of drug-likeness (QED) is 0.614. The van der Waals surface area contributed by atoms with Gasteiger partial charge in [0.15, 0.2) is 6.61 Å². The molecule has 4 rings (SSSR count). The Morgan fingerprint density at radius 3 is 2.66 bits per heavy atom. The minimum atomic E-state index is -0.402. The molecular formula is C22H21ClN2O4. The molecule has 2 heterocycles. The minimum absolute atomic E-state index is 0.0568. The number of piperazine rings is 1. The highest BCUT2D eigenvalue weighted by atomic mass is 35.5. The summed E-state index contributed by atoms with van der Waals surface area (Å²) < 4.78 is 10.9. The molecule has 6 nitrogen and oxygen atoms in total. The zero-order valence-electron chi connectivity index (χ0n) is 16.1. The fourth-order valence-corrected chi connectivity index (χ4v) is 3.70. The van der Waals surface area contributed by atoms with Crippen molar-refractivity contribution in [1.29, 1.82) is 0 Å². The third-order valence-corrected chi connectivity index (χ3v) is 5.33. The van der Waals surface area contributed by atoms with Gasteiger partial charge >= 0.3 is 5.63 Å². The molecule has 1 aliphatic heterocycles. The highest BCUT2D eigenvalue weighted by molar-refractivity contribution is 6.30. The van der Waals surface area contributed by atoms with Gasteiger partial charge in [0.2, 0.25) is 0 Å². The van der Waals surface area contributed by atoms with Gasteiger partial charge in [0, 0.05) is 54.4 Å². The van der Waals surface area contributed by atoms with E-state index in [-0.39, 0.29) is 12.5 Å². The number of halogens is 1. The molecule has 29 heavy (non-hydrogen) atoms. The van der Waals surface area contributed by atoms with Gasteiger partial charge in [-0.3, -0.25) is 4.79 Å². The second kappa shape index (κ2) is 8.17. The predicted octanol–water partition coefficient (Wildman–Crippen LogP) is 3.48. The van der Waals surface area contributed by atoms with E-state index in [0.717, 1.165) is 29.7 Å². The van der Waals surface area contributed by atoms with Crippen LogP contribution in [-0.2, 0) is 4.79 Å². The number of fused-ring (bicyclic) bond motifs is 1. The van der Waals surface area contributed by atoms with Crippen LogP contribution in [0.1, 0.15) is 5.56 Å². The summed E-state index contributed by atoms with van der Waals surface area (Å²) in [5, 5.41) is 1.55. The maximum atomic E-state index is 12.5. The molecule has 0 N–H and O–H groups in total. The molecule has 0 aliphatic carbocycles. The maximum Gasteiger partial charge on any atom is 0.336 e. The first-order valence-electron chi connectivity index (χ1n) is 9.45. The van der Waals surface area contributed by atoms with Crippen molar-refractivity contribution < 1.29 is 13.9 Å². The number of carbonyl (C=O) groups is 1. The van der Waals surface area contributed by atoms with Crippen LogP contribution in [0.4, 0.5) is 5.69 Å². The van der Waals surface area contributed by atoms with Gasteiger partial charge in [0.05, 0.1) is 0 Å². The average Bonchev–Trinajstić information content (AvgIpc) is 2.71. The molecule has 2 aromatic carbocycles. The van der Waals surface area contributed by atoms with Crippen molar-refractivity contribution in [2.45, 2.75) is 6.92 Å². The molecule has 1 aliphatic rings. The molecule has 0 radical (unpaired) electrons. The van der Waals surface area contributed by atoms with Gasteiger partial charge in [-0.2, -0.15) is 0 Å². The van der Waals surface area contributed by atoms with Crippen LogP contribution in [0.3, 0.4) is 0 Å². The number of hydrogen-bond acceptors (Lipinski definition) is 5. The molecule has 0 saturated carbocycles. The summed E-state index contributed by atoms with van der Waals surface area (Å²) in [4.78, 5) is 28.1. The smallest absolute Gasteiger partial charge is 0.336 e. The standard InChI is InChI=1S/C22H21ClN2O4/c1-15-11-22(27)29-20-13-18(5-6-19(15)20)28-14-21(26)25-9-7-24(8-10-25)17-4-2-3-16(23)12-17/h2-6,11-13H,7-10,14H2,1H3. The molecule has 1 aromatic heterocycles. The van der Waals surface area contributed by atoms with Crippen LogP contribution in [0.15, 0.2) is 57.7 Å². The third kappa shape index (κ3) is 4.38. The minimum Gasteiger partial charge on any atom is -0.484 e. The fourth-order valence-electron chi connectivity index (χ4n) is 3.52. The summed E-state index contributed by atoms with van der Waals surface area (Å²) in [7, 11) is 0. The van der Waals surface area contributed by atoms with Crippen molar-refractivity contribution in [2.24, 2.45) is 0 Å². The van der Waals surface area contributed by atoms with Crippen molar-refractivity contribution in [3.05, 3.63) is 69.5 Å². The van der Waals surface area contributed by atoms with Crippen LogP contribution in [-0.4, -0.2) is 43.6 Å². The summed E-state index contributed by atoms with van der Waals surface area (Å²) in [5.74, 6) is 0.429. The van der Waals surface area contributed by atoms with Crippen LogP contribution in [0.2, 0.25) is 5.02 Å². The lowest BCUT2D eigenvalue weighted by atomic mass is 10.1. The van der Waals surface area contributed by atoms with Gasteiger partial charge in [-0.15, -0.1) is 0 Å². The van der Waals surface area contributed by atoms with E-state index in [1.165, 1.54) is 6.07 Å². The van der Waals surface area contributed by atoms with Crippen molar-refractivity contribution in [3.8, 4) is 5.75 Å². The molecule has 0 bridgehead atoms. The normalized spacial score (nSPS) is 14.3. The second-order valence-corrected chi connectivity index (χ2v) is 7.48. The SMILES string of the molecule is Cc1cc(=O)oc2cc(OCC(=O)N3CCN(c4cccc(Cl)c4)CC3)ccc12. The van der Waals surface area contributed by atoms with Crippen LogP contribution < -0.4 is 15.3 Å². The van der Waals surface area contributed by atoms with Crippen LogP contribution in [0.25, 0.3) is 11.0 Å². The summed E-state index contributed by atoms with van der Waals surface area (Å²) in [6, 6.07) is 14.4. The number of benzene rings is 2. The highest BCUT2D eigenvalue weighted by Gasteiger charge is 2.21. The van der Waals surface area contributed by atoms with E-state index in [2.05, 4.69) is 4.90 Å². The van der Waals surface area contributed by atoms with E-state index >= 15 is 0 Å². The van der Waals surface area contributed by atoms with Crippen LogP contribution in [0.5, 0.6) is 5.75 Å². The van der Waals surface area contributed by atoms with E-state index < -0.39 is 5.63 Å². The zero-order chi connectivity index (χ0) is 20.4. The van der Waals surface area contributed by atoms with Gasteiger partial charge in [0.1, 0.15) is 11.3 Å². The lowest BCUT2D eigenvalue weighted by Gasteiger charge is -2.36. The Hall–Kier alpha value is -2.99. The van der Waals surface area contributed by atoms with E-state index in [1.807, 2.05) is 37.3 Å². The van der Waals surface area contributed by atoms with Gasteiger partial charge in [0.25, 0.3) is 5.91 Å². The first-order valence-corrected chi connectivity index (χ1v) is 9.83. The van der Waals surface area contributed by atoms with E-state index in [4.69, 9.17) is 20.8 Å². The Balaban J connectivity index is 1.34. The van der Waals surface area contributed by atoms with E-state index in [0.29, 0.717) is 29.4 Å². The Labute approximate surface area is 173 Å². The van der Waals surface area contributed by atoms with Gasteiger partial charge in [-0.25, -0.2) is 4.79 Å². The molecule has 0 spiro atoms. The summed E-state index contributed by atoms with van der Waals surface area (Å²) in [6.07, 6.45) is 0. The van der Waals surface area contributed by atoms with E-state index in [9.17, 15) is 9.59 Å². The predicted molar refractivity (Wildman–Crippen MR) is 113 cm³/mol. The molecule has 1 amide bonds. The molecule has 3 aromatic rings. The molecule has 1 saturated heterocycles. The molecule has 150 valence electrons. The molecule has 1 fully saturated rings. The monoisotopic (exact) mass is 412 g/mol. The number of amides is 1. The molecular weight excluding hydrogens is 392 g/mol. The zero-order valence-corrected chi connectivity index (χ0v) is 16.8. The molecule has 0 unspecified atom stereocenters. The number of carbonyl (C=O) groups excluding carboxylic acids is 1. The van der Waals surface area contributed by atoms with Gasteiger partial charge in [-0.05, 0) is 42.8 Å². The maximum absolute atomic E-state index is 12.5. The lowest BCUT2D eigenvalue weighted by Crippen LogP contribution is -2.50. The Morgan fingerprint density at radius 1 is 1.10 bits per heavy atom. The number of aryl methyl sites for hydroxylation is 1. The summed E-state index contributed by atoms with van der Waals surface area (Å²) >= 11 is 6.06. The van der Waals surface area contributed by atoms with Crippen LogP contribution >= 0.6 is 11.6 Å². The number of rotatable bonds is 4. The topological polar surface area (TPSA) is 63.0 Å². The van der Waals surface area contributed by atoms with Crippen molar-refractivity contribution in [2.75, 3.05) is 37.7 Å². The van der Waals surface area contributed by atoms with Gasteiger partial charge in [-0.1, -0.05) is 17.7 Å². The summed E-state index contributed by atoms with van der Waals surface area (Å²) in [6.45, 7) is 4.53. The van der Waals surface area contributed by atoms with Crippen molar-refractivity contribution >= 4 is 34.2 Å². The Morgan fingerprint density at radius 2 is 1.90 bits per heavy atom. The van der Waals surface area contributed by atoms with Gasteiger partial charge < -0.3 is 19.0 Å². The lowest BCUT2D eigenvalue weighted by molar-refractivity contribution is -0.133. The fraction of sp³-hybridized carbons (Fsp3) is 0.273. The summed E-state index contributed by atoms with van der Waals surface area (Å²) in [5.41, 5.74) is 1.96. The van der Waals surface area contributed by atoms with Crippen LogP contribution in [0, 0.1) is 6.92 Å². The highest BCUT2D eigenvalue weighted by Crippen LogP contribution is 2.23. The van der Waals surface area contributed by atoms with Crippen molar-refractivity contribution in [3.63, 3.8) is 0 Å². The third-order valence-electron chi connectivity index (χ3n) is 5.09. The first-order chi connectivity index (χ1) is 14.0. The average molecular weight is 413 g/mol. The Bertz CT molecular complexity index is 1100. The number of anilines is 1. The molecule has 7 heteroatoms. The van der Waals surface area contributed by atoms with E-state index in [1.54, 1.807) is 17.0 Å². The first kappa shape index (κ1) is 19.3. The number of hydrogen-bond donors (Lipinski definition) is 0. The Kier molecular flexibility index (Phi) is 5.45. The largest absolute Gasteiger partial charge is 0.484 e. The number of nitrogens with zero attached hydrogens (tertiary/aromatic N) is 2. The number of ether oxygens (including phenoxy) is 1. The second-order valence-electron chi connectivity index (χ2n) is 7.04.